The lowest BCUT2D eigenvalue weighted by atomic mass is 9.97. The molecule has 3 N–H and O–H groups in total. The second-order valence-electron chi connectivity index (χ2n) is 4.40. The van der Waals surface area contributed by atoms with Crippen molar-refractivity contribution in [3.8, 4) is 17.2 Å². The Morgan fingerprint density at radius 1 is 1.26 bits per heavy atom. The fraction of sp³-hybridized carbons (Fsp3) is 0.357. The molecule has 5 heteroatoms. The van der Waals surface area contributed by atoms with E-state index in [1.807, 2.05) is 12.2 Å². The Kier molecular flexibility index (Phi) is 4.37. The van der Waals surface area contributed by atoms with E-state index in [4.69, 9.17) is 0 Å². The van der Waals surface area contributed by atoms with Crippen molar-refractivity contribution in [3.63, 3.8) is 0 Å². The van der Waals surface area contributed by atoms with Crippen LogP contribution in [0.15, 0.2) is 29.3 Å². The Bertz CT molecular complexity index is 502. The lowest BCUT2D eigenvalue weighted by Crippen LogP contribution is -2.07. The molecule has 19 heavy (non-hydrogen) atoms. The summed E-state index contributed by atoms with van der Waals surface area (Å²) in [4.78, 5) is 4.47. The molecule has 0 aliphatic carbocycles. The second kappa shape index (κ2) is 6.02. The van der Waals surface area contributed by atoms with Crippen molar-refractivity contribution in [1.29, 1.82) is 0 Å². The van der Waals surface area contributed by atoms with E-state index in [0.717, 1.165) is 22.8 Å². The molecule has 1 heterocycles. The molecule has 0 aromatic heterocycles. The van der Waals surface area contributed by atoms with Crippen LogP contribution in [-0.2, 0) is 0 Å². The second-order valence-corrected chi connectivity index (χ2v) is 5.52. The van der Waals surface area contributed by atoms with E-state index >= 15 is 0 Å². The third-order valence-corrected chi connectivity index (χ3v) is 4.06. The molecule has 0 bridgehead atoms. The fourth-order valence-corrected chi connectivity index (χ4v) is 2.61. The Hall–Kier alpha value is -1.62. The van der Waals surface area contributed by atoms with Gasteiger partial charge in [0.05, 0.1) is 11.6 Å². The van der Waals surface area contributed by atoms with Gasteiger partial charge in [0.25, 0.3) is 0 Å². The molecular weight excluding hydrogens is 262 g/mol. The van der Waals surface area contributed by atoms with E-state index in [1.165, 1.54) is 12.1 Å². The Labute approximate surface area is 116 Å². The first kappa shape index (κ1) is 13.8. The molecule has 0 amide bonds. The number of phenols is 3. The van der Waals surface area contributed by atoms with Gasteiger partial charge in [0.15, 0.2) is 17.2 Å². The van der Waals surface area contributed by atoms with Crippen LogP contribution in [0.2, 0.25) is 0 Å². The third kappa shape index (κ3) is 3.23. The van der Waals surface area contributed by atoms with Crippen molar-refractivity contribution >= 4 is 16.8 Å². The lowest BCUT2D eigenvalue weighted by molar-refractivity contribution is 0.367. The van der Waals surface area contributed by atoms with Crippen LogP contribution in [0.3, 0.4) is 0 Å². The van der Waals surface area contributed by atoms with Crippen LogP contribution in [0.1, 0.15) is 24.8 Å². The van der Waals surface area contributed by atoms with E-state index in [1.54, 1.807) is 11.8 Å². The highest BCUT2D eigenvalue weighted by Crippen LogP contribution is 2.38. The minimum Gasteiger partial charge on any atom is -0.504 e. The maximum Gasteiger partial charge on any atom is 0.200 e. The zero-order chi connectivity index (χ0) is 13.8. The summed E-state index contributed by atoms with van der Waals surface area (Å²) in [6.45, 7) is 2.72. The number of aromatic hydroxyl groups is 3. The molecule has 0 saturated carbocycles. The highest BCUT2D eigenvalue weighted by Gasteiger charge is 2.16. The van der Waals surface area contributed by atoms with Crippen LogP contribution >= 0.6 is 11.8 Å². The molecule has 2 rings (SSSR count). The number of hydrogen-bond acceptors (Lipinski definition) is 5. The van der Waals surface area contributed by atoms with Gasteiger partial charge in [-0.05, 0) is 35.9 Å². The van der Waals surface area contributed by atoms with Gasteiger partial charge in [0, 0.05) is 5.92 Å². The Balaban J connectivity index is 2.10. The number of rotatable bonds is 3. The van der Waals surface area contributed by atoms with Gasteiger partial charge in [-0.1, -0.05) is 13.0 Å². The van der Waals surface area contributed by atoms with E-state index in [0.29, 0.717) is 6.54 Å². The summed E-state index contributed by atoms with van der Waals surface area (Å²) in [5, 5.41) is 29.3. The molecule has 0 radical (unpaired) electrons. The van der Waals surface area contributed by atoms with Gasteiger partial charge in [0.2, 0.25) is 0 Å². The van der Waals surface area contributed by atoms with Gasteiger partial charge in [-0.2, -0.15) is 0 Å². The largest absolute Gasteiger partial charge is 0.504 e. The predicted molar refractivity (Wildman–Crippen MR) is 78.4 cm³/mol. The van der Waals surface area contributed by atoms with Crippen molar-refractivity contribution in [2.75, 3.05) is 12.3 Å². The summed E-state index contributed by atoms with van der Waals surface area (Å²) < 4.78 is 0. The van der Waals surface area contributed by atoms with Crippen molar-refractivity contribution in [2.24, 2.45) is 4.99 Å². The zero-order valence-electron chi connectivity index (χ0n) is 10.7. The van der Waals surface area contributed by atoms with Crippen LogP contribution in [0.4, 0.5) is 0 Å². The average Bonchev–Trinajstić information content (AvgIpc) is 2.42. The molecule has 1 unspecified atom stereocenters. The summed E-state index contributed by atoms with van der Waals surface area (Å²) in [6, 6.07) is 2.92. The van der Waals surface area contributed by atoms with Crippen molar-refractivity contribution in [2.45, 2.75) is 19.3 Å². The van der Waals surface area contributed by atoms with Crippen LogP contribution in [0.5, 0.6) is 17.2 Å². The highest BCUT2D eigenvalue weighted by molar-refractivity contribution is 8.14. The molecule has 0 spiro atoms. The van der Waals surface area contributed by atoms with Gasteiger partial charge < -0.3 is 15.3 Å². The molecule has 1 aliphatic heterocycles. The van der Waals surface area contributed by atoms with Crippen molar-refractivity contribution < 1.29 is 15.3 Å². The quantitative estimate of drug-likeness (QED) is 0.744. The smallest absolute Gasteiger partial charge is 0.200 e. The first-order valence-electron chi connectivity index (χ1n) is 6.22. The standard InChI is InChI=1S/C14H17NO3S/c1-2-5-19-13-4-3-9(8-15-13)10-6-11(16)14(18)12(17)7-10/h3-4,6-7,9,16-18H,2,5,8H2,1H3. The number of phenolic OH excluding ortho intramolecular Hbond substituents is 3. The number of benzene rings is 1. The highest BCUT2D eigenvalue weighted by atomic mass is 32.2. The van der Waals surface area contributed by atoms with Gasteiger partial charge in [-0.15, -0.1) is 11.8 Å². The van der Waals surface area contributed by atoms with Crippen LogP contribution < -0.4 is 0 Å². The summed E-state index contributed by atoms with van der Waals surface area (Å²) in [5.41, 5.74) is 0.743. The molecule has 0 fully saturated rings. The predicted octanol–water partition coefficient (Wildman–Crippen LogP) is 3.00. The molecule has 102 valence electrons. The third-order valence-electron chi connectivity index (χ3n) is 2.89. The van der Waals surface area contributed by atoms with E-state index in [9.17, 15) is 15.3 Å². The minimum atomic E-state index is -0.480. The summed E-state index contributed by atoms with van der Waals surface area (Å²) >= 11 is 1.73. The zero-order valence-corrected chi connectivity index (χ0v) is 11.5. The number of hydrogen-bond donors (Lipinski definition) is 3. The lowest BCUT2D eigenvalue weighted by Gasteiger charge is -2.16. The minimum absolute atomic E-state index is 0.0170. The number of nitrogens with zero attached hydrogens (tertiary/aromatic N) is 1. The number of aliphatic imine (C=N–C) groups is 1. The topological polar surface area (TPSA) is 73.1 Å². The number of dihydropyridines is 1. The van der Waals surface area contributed by atoms with E-state index < -0.39 is 5.75 Å². The summed E-state index contributed by atoms with van der Waals surface area (Å²) in [5.74, 6) is -0.0269. The molecule has 4 nitrogen and oxygen atoms in total. The maximum absolute atomic E-state index is 9.51. The van der Waals surface area contributed by atoms with E-state index in [2.05, 4.69) is 11.9 Å². The first-order chi connectivity index (χ1) is 9.11. The first-order valence-corrected chi connectivity index (χ1v) is 7.20. The Morgan fingerprint density at radius 3 is 2.47 bits per heavy atom. The van der Waals surface area contributed by atoms with Crippen LogP contribution in [0.25, 0.3) is 0 Å². The maximum atomic E-state index is 9.51. The summed E-state index contributed by atoms with van der Waals surface area (Å²) in [7, 11) is 0. The molecule has 1 aromatic rings. The van der Waals surface area contributed by atoms with Crippen LogP contribution in [-0.4, -0.2) is 32.7 Å². The van der Waals surface area contributed by atoms with Gasteiger partial charge >= 0.3 is 0 Å². The molecular formula is C14H17NO3S. The monoisotopic (exact) mass is 279 g/mol. The molecule has 1 atom stereocenters. The Morgan fingerprint density at radius 2 is 1.95 bits per heavy atom. The van der Waals surface area contributed by atoms with Crippen molar-refractivity contribution in [1.82, 2.24) is 0 Å². The van der Waals surface area contributed by atoms with Crippen molar-refractivity contribution in [3.05, 3.63) is 29.8 Å². The normalized spacial score (nSPS) is 18.4. The molecule has 1 aliphatic rings. The molecule has 1 aromatic carbocycles. The van der Waals surface area contributed by atoms with Gasteiger partial charge in [-0.25, -0.2) is 0 Å². The van der Waals surface area contributed by atoms with Crippen LogP contribution in [0, 0.1) is 0 Å². The SMILES string of the molecule is CCCSC1=NCC(c2cc(O)c(O)c(O)c2)C=C1. The van der Waals surface area contributed by atoms with Gasteiger partial charge in [-0.3, -0.25) is 4.99 Å². The average molecular weight is 279 g/mol. The number of thioether (sulfide) groups is 1. The van der Waals surface area contributed by atoms with Gasteiger partial charge in [0.1, 0.15) is 0 Å². The molecule has 0 saturated heterocycles. The van der Waals surface area contributed by atoms with E-state index in [-0.39, 0.29) is 17.4 Å². The summed E-state index contributed by atoms with van der Waals surface area (Å²) in [6.07, 6.45) is 5.09. The fourth-order valence-electron chi connectivity index (χ4n) is 1.86.